The molecule has 110 valence electrons. The Morgan fingerprint density at radius 3 is 2.19 bits per heavy atom. The Hall–Kier alpha value is -2.20. The van der Waals surface area contributed by atoms with E-state index in [0.29, 0.717) is 22.0 Å². The summed E-state index contributed by atoms with van der Waals surface area (Å²) in [5, 5.41) is 13.2. The highest BCUT2D eigenvalue weighted by Gasteiger charge is 2.35. The topological polar surface area (TPSA) is 58.6 Å². The molecule has 4 nitrogen and oxygen atoms in total. The SMILES string of the molecule is COc1ccc(C(C)(Nc2ccc(Cl)cc2)C(=O)O)cc1. The Bertz CT molecular complexity index is 625. The Balaban J connectivity index is 2.34. The number of hydrogen-bond donors (Lipinski definition) is 2. The van der Waals surface area contributed by atoms with Crippen molar-refractivity contribution in [2.75, 3.05) is 12.4 Å². The normalized spacial score (nSPS) is 13.3. The van der Waals surface area contributed by atoms with Crippen molar-refractivity contribution in [1.82, 2.24) is 0 Å². The van der Waals surface area contributed by atoms with Crippen LogP contribution < -0.4 is 10.1 Å². The fourth-order valence-electron chi connectivity index (χ4n) is 2.00. The Kier molecular flexibility index (Phi) is 4.38. The van der Waals surface area contributed by atoms with Crippen molar-refractivity contribution in [2.24, 2.45) is 0 Å². The first-order valence-corrected chi connectivity index (χ1v) is 6.75. The molecule has 2 rings (SSSR count). The number of carboxylic acid groups (broad SMARTS) is 1. The van der Waals surface area contributed by atoms with Gasteiger partial charge in [0.2, 0.25) is 0 Å². The third kappa shape index (κ3) is 3.28. The van der Waals surface area contributed by atoms with Crippen molar-refractivity contribution in [3.63, 3.8) is 0 Å². The summed E-state index contributed by atoms with van der Waals surface area (Å²) >= 11 is 5.84. The lowest BCUT2D eigenvalue weighted by molar-refractivity contribution is -0.142. The van der Waals surface area contributed by atoms with E-state index in [0.717, 1.165) is 0 Å². The molecule has 2 N–H and O–H groups in total. The second-order valence-electron chi connectivity index (χ2n) is 4.79. The molecule has 0 fully saturated rings. The van der Waals surface area contributed by atoms with Crippen LogP contribution in [0.25, 0.3) is 0 Å². The van der Waals surface area contributed by atoms with E-state index >= 15 is 0 Å². The minimum Gasteiger partial charge on any atom is -0.497 e. The van der Waals surface area contributed by atoms with Gasteiger partial charge in [-0.1, -0.05) is 23.7 Å². The van der Waals surface area contributed by atoms with Crippen LogP contribution in [0.4, 0.5) is 5.69 Å². The van der Waals surface area contributed by atoms with E-state index < -0.39 is 11.5 Å². The first-order valence-electron chi connectivity index (χ1n) is 6.37. The van der Waals surface area contributed by atoms with Crippen LogP contribution in [-0.2, 0) is 10.3 Å². The maximum absolute atomic E-state index is 11.7. The number of methoxy groups -OCH3 is 1. The van der Waals surface area contributed by atoms with Crippen LogP contribution in [0.2, 0.25) is 5.02 Å². The highest BCUT2D eigenvalue weighted by atomic mass is 35.5. The van der Waals surface area contributed by atoms with Crippen LogP contribution in [0.3, 0.4) is 0 Å². The fraction of sp³-hybridized carbons (Fsp3) is 0.188. The van der Waals surface area contributed by atoms with Crippen molar-refractivity contribution < 1.29 is 14.6 Å². The Labute approximate surface area is 128 Å². The molecular weight excluding hydrogens is 290 g/mol. The third-order valence-corrected chi connectivity index (χ3v) is 3.59. The van der Waals surface area contributed by atoms with Gasteiger partial charge >= 0.3 is 5.97 Å². The zero-order chi connectivity index (χ0) is 15.5. The summed E-state index contributed by atoms with van der Waals surface area (Å²) in [6, 6.07) is 13.8. The second kappa shape index (κ2) is 6.06. The van der Waals surface area contributed by atoms with Crippen molar-refractivity contribution in [1.29, 1.82) is 0 Å². The van der Waals surface area contributed by atoms with Gasteiger partial charge in [-0.15, -0.1) is 0 Å². The molecule has 2 aromatic rings. The number of carbonyl (C=O) groups is 1. The second-order valence-corrected chi connectivity index (χ2v) is 5.23. The molecule has 0 aliphatic carbocycles. The minimum absolute atomic E-state index is 0.599. The molecule has 0 heterocycles. The van der Waals surface area contributed by atoms with Crippen molar-refractivity contribution in [2.45, 2.75) is 12.5 Å². The predicted molar refractivity (Wildman–Crippen MR) is 83.1 cm³/mol. The predicted octanol–water partition coefficient (Wildman–Crippen LogP) is 3.76. The molecule has 2 aromatic carbocycles. The van der Waals surface area contributed by atoms with Crippen molar-refractivity contribution in [3.8, 4) is 5.75 Å². The number of halogens is 1. The number of anilines is 1. The molecular formula is C16H16ClNO3. The summed E-state index contributed by atoms with van der Waals surface area (Å²) in [6.45, 7) is 1.62. The molecule has 0 aromatic heterocycles. The molecule has 1 atom stereocenters. The molecule has 0 saturated carbocycles. The molecule has 1 unspecified atom stereocenters. The molecule has 0 amide bonds. The number of rotatable bonds is 5. The number of aliphatic carboxylic acids is 1. The Morgan fingerprint density at radius 2 is 1.71 bits per heavy atom. The quantitative estimate of drug-likeness (QED) is 0.883. The summed E-state index contributed by atoms with van der Waals surface area (Å²) in [4.78, 5) is 11.7. The maximum Gasteiger partial charge on any atom is 0.333 e. The number of carboxylic acids is 1. The van der Waals surface area contributed by atoms with E-state index in [2.05, 4.69) is 5.32 Å². The van der Waals surface area contributed by atoms with Crippen LogP contribution in [0, 0.1) is 0 Å². The van der Waals surface area contributed by atoms with E-state index in [-0.39, 0.29) is 0 Å². The lowest BCUT2D eigenvalue weighted by atomic mass is 9.91. The fourth-order valence-corrected chi connectivity index (χ4v) is 2.12. The van der Waals surface area contributed by atoms with Gasteiger partial charge in [0.05, 0.1) is 7.11 Å². The first kappa shape index (κ1) is 15.2. The van der Waals surface area contributed by atoms with Crippen LogP contribution in [0.5, 0.6) is 5.75 Å². The van der Waals surface area contributed by atoms with Gasteiger partial charge in [0.25, 0.3) is 0 Å². The van der Waals surface area contributed by atoms with Crippen LogP contribution >= 0.6 is 11.6 Å². The van der Waals surface area contributed by atoms with Gasteiger partial charge in [-0.05, 0) is 48.9 Å². The number of benzene rings is 2. The third-order valence-electron chi connectivity index (χ3n) is 3.33. The zero-order valence-corrected chi connectivity index (χ0v) is 12.5. The lowest BCUT2D eigenvalue weighted by Gasteiger charge is -2.28. The van der Waals surface area contributed by atoms with Gasteiger partial charge in [-0.25, -0.2) is 4.79 Å². The van der Waals surface area contributed by atoms with Crippen molar-refractivity contribution in [3.05, 3.63) is 59.1 Å². The minimum atomic E-state index is -1.25. The largest absolute Gasteiger partial charge is 0.497 e. The molecule has 21 heavy (non-hydrogen) atoms. The highest BCUT2D eigenvalue weighted by Crippen LogP contribution is 2.28. The summed E-state index contributed by atoms with van der Waals surface area (Å²) in [5.74, 6) is -0.291. The van der Waals surface area contributed by atoms with E-state index in [4.69, 9.17) is 16.3 Å². The smallest absolute Gasteiger partial charge is 0.333 e. The first-order chi connectivity index (χ1) is 9.95. The van der Waals surface area contributed by atoms with Gasteiger partial charge in [0.15, 0.2) is 5.54 Å². The van der Waals surface area contributed by atoms with Gasteiger partial charge in [-0.3, -0.25) is 0 Å². The molecule has 0 saturated heterocycles. The van der Waals surface area contributed by atoms with Gasteiger partial charge in [0, 0.05) is 10.7 Å². The lowest BCUT2D eigenvalue weighted by Crippen LogP contribution is -2.40. The van der Waals surface area contributed by atoms with E-state index in [9.17, 15) is 9.90 Å². The summed E-state index contributed by atoms with van der Waals surface area (Å²) in [6.07, 6.45) is 0. The van der Waals surface area contributed by atoms with Crippen LogP contribution in [0.15, 0.2) is 48.5 Å². The number of ether oxygens (including phenoxy) is 1. The van der Waals surface area contributed by atoms with E-state index in [1.807, 2.05) is 0 Å². The summed E-state index contributed by atoms with van der Waals surface area (Å²) in [5.41, 5.74) is 0.0611. The highest BCUT2D eigenvalue weighted by molar-refractivity contribution is 6.30. The van der Waals surface area contributed by atoms with Gasteiger partial charge in [0.1, 0.15) is 5.75 Å². The molecule has 0 radical (unpaired) electrons. The Morgan fingerprint density at radius 1 is 1.14 bits per heavy atom. The van der Waals surface area contributed by atoms with Gasteiger partial charge in [-0.2, -0.15) is 0 Å². The average Bonchev–Trinajstić information content (AvgIpc) is 2.49. The van der Waals surface area contributed by atoms with Crippen LogP contribution in [0.1, 0.15) is 12.5 Å². The molecule has 5 heteroatoms. The summed E-state index contributed by atoms with van der Waals surface area (Å²) in [7, 11) is 1.57. The number of nitrogens with one attached hydrogen (secondary N) is 1. The monoisotopic (exact) mass is 305 g/mol. The van der Waals surface area contributed by atoms with E-state index in [1.165, 1.54) is 0 Å². The molecule has 0 bridgehead atoms. The van der Waals surface area contributed by atoms with Gasteiger partial charge < -0.3 is 15.2 Å². The maximum atomic E-state index is 11.7. The van der Waals surface area contributed by atoms with Crippen LogP contribution in [-0.4, -0.2) is 18.2 Å². The number of hydrogen-bond acceptors (Lipinski definition) is 3. The summed E-state index contributed by atoms with van der Waals surface area (Å²) < 4.78 is 5.09. The molecule has 0 spiro atoms. The standard InChI is InChI=1S/C16H16ClNO3/c1-16(15(19)20,11-3-9-14(21-2)10-4-11)18-13-7-5-12(17)6-8-13/h3-10,18H,1-2H3,(H,19,20). The van der Waals surface area contributed by atoms with Crippen molar-refractivity contribution >= 4 is 23.3 Å². The average molecular weight is 306 g/mol. The molecule has 0 aliphatic heterocycles. The van der Waals surface area contributed by atoms with E-state index in [1.54, 1.807) is 62.6 Å². The molecule has 0 aliphatic rings. The zero-order valence-electron chi connectivity index (χ0n) is 11.8.